The maximum Gasteiger partial charge on any atom is 0.0442 e. The summed E-state index contributed by atoms with van der Waals surface area (Å²) in [6.07, 6.45) is 3.64. The maximum absolute atomic E-state index is 6.02. The molecule has 0 aliphatic carbocycles. The molecule has 3 nitrogen and oxygen atoms in total. The zero-order valence-corrected chi connectivity index (χ0v) is 8.49. The van der Waals surface area contributed by atoms with Crippen LogP contribution in [0.3, 0.4) is 0 Å². The molecule has 1 unspecified atom stereocenters. The molecule has 1 heterocycles. The molecular weight excluding hydrogens is 162 g/mol. The van der Waals surface area contributed by atoms with Gasteiger partial charge in [-0.25, -0.2) is 0 Å². The monoisotopic (exact) mass is 179 g/mol. The van der Waals surface area contributed by atoms with Crippen LogP contribution in [-0.2, 0) is 0 Å². The summed E-state index contributed by atoms with van der Waals surface area (Å²) in [5.41, 5.74) is 8.36. The first-order valence-corrected chi connectivity index (χ1v) is 4.42. The van der Waals surface area contributed by atoms with Crippen molar-refractivity contribution in [2.75, 3.05) is 20.6 Å². The van der Waals surface area contributed by atoms with Gasteiger partial charge in [0.2, 0.25) is 0 Å². The van der Waals surface area contributed by atoms with E-state index in [0.29, 0.717) is 0 Å². The Morgan fingerprint density at radius 3 is 2.77 bits per heavy atom. The number of hydrogen-bond acceptors (Lipinski definition) is 3. The molecule has 13 heavy (non-hydrogen) atoms. The minimum Gasteiger partial charge on any atom is -0.323 e. The molecule has 2 N–H and O–H groups in total. The highest BCUT2D eigenvalue weighted by atomic mass is 15.1. The smallest absolute Gasteiger partial charge is 0.0442 e. The quantitative estimate of drug-likeness (QED) is 0.751. The van der Waals surface area contributed by atoms with Gasteiger partial charge in [0.15, 0.2) is 0 Å². The molecule has 0 radical (unpaired) electrons. The van der Waals surface area contributed by atoms with Crippen LogP contribution in [0.4, 0.5) is 0 Å². The van der Waals surface area contributed by atoms with Crippen molar-refractivity contribution in [1.82, 2.24) is 9.88 Å². The molecule has 1 rings (SSSR count). The molecular formula is C10H17N3. The van der Waals surface area contributed by atoms with E-state index >= 15 is 0 Å². The Hall–Kier alpha value is -0.930. The Morgan fingerprint density at radius 1 is 1.54 bits per heavy atom. The Morgan fingerprint density at radius 2 is 2.23 bits per heavy atom. The van der Waals surface area contributed by atoms with Crippen molar-refractivity contribution in [1.29, 1.82) is 0 Å². The number of aromatic nitrogens is 1. The van der Waals surface area contributed by atoms with Crippen molar-refractivity contribution < 1.29 is 0 Å². The summed E-state index contributed by atoms with van der Waals surface area (Å²) in [6, 6.07) is 2.05. The van der Waals surface area contributed by atoms with Gasteiger partial charge in [0.25, 0.3) is 0 Å². The predicted octanol–water partition coefficient (Wildman–Crippen LogP) is 0.951. The largest absolute Gasteiger partial charge is 0.323 e. The highest BCUT2D eigenvalue weighted by Gasteiger charge is 2.09. The number of aryl methyl sites for hydroxylation is 1. The number of nitrogens with zero attached hydrogens (tertiary/aromatic N) is 2. The fourth-order valence-electron chi connectivity index (χ4n) is 1.36. The predicted molar refractivity (Wildman–Crippen MR) is 54.5 cm³/mol. The molecule has 0 aromatic carbocycles. The Bertz CT molecular complexity index is 271. The first kappa shape index (κ1) is 10.2. The van der Waals surface area contributed by atoms with Gasteiger partial charge in [0, 0.05) is 25.0 Å². The summed E-state index contributed by atoms with van der Waals surface area (Å²) < 4.78 is 0. The van der Waals surface area contributed by atoms with Gasteiger partial charge in [0.1, 0.15) is 0 Å². The van der Waals surface area contributed by atoms with Crippen LogP contribution in [0, 0.1) is 6.92 Å². The van der Waals surface area contributed by atoms with E-state index in [1.54, 1.807) is 6.20 Å². The third-order valence-electron chi connectivity index (χ3n) is 2.04. The molecule has 0 spiro atoms. The first-order valence-electron chi connectivity index (χ1n) is 4.42. The number of nitrogens with two attached hydrogens (primary N) is 1. The van der Waals surface area contributed by atoms with Gasteiger partial charge in [-0.05, 0) is 38.2 Å². The van der Waals surface area contributed by atoms with Crippen LogP contribution >= 0.6 is 0 Å². The lowest BCUT2D eigenvalue weighted by molar-refractivity contribution is 0.376. The Kier molecular flexibility index (Phi) is 3.39. The fraction of sp³-hybridized carbons (Fsp3) is 0.500. The average molecular weight is 179 g/mol. The van der Waals surface area contributed by atoms with Crippen LogP contribution in [0.2, 0.25) is 0 Å². The molecule has 0 amide bonds. The zero-order chi connectivity index (χ0) is 9.84. The fourth-order valence-corrected chi connectivity index (χ4v) is 1.36. The van der Waals surface area contributed by atoms with Gasteiger partial charge in [-0.1, -0.05) is 0 Å². The molecule has 72 valence electrons. The van der Waals surface area contributed by atoms with E-state index in [9.17, 15) is 0 Å². The Balaban J connectivity index is 2.76. The molecule has 0 bridgehead atoms. The molecule has 0 aliphatic rings. The lowest BCUT2D eigenvalue weighted by Crippen LogP contribution is -2.26. The molecule has 1 aromatic heterocycles. The number of rotatable bonds is 3. The molecule has 0 saturated heterocycles. The van der Waals surface area contributed by atoms with E-state index in [2.05, 4.69) is 16.8 Å². The van der Waals surface area contributed by atoms with Crippen LogP contribution in [0.1, 0.15) is 17.2 Å². The minimum atomic E-state index is 0.0590. The van der Waals surface area contributed by atoms with Gasteiger partial charge in [-0.3, -0.25) is 4.98 Å². The summed E-state index contributed by atoms with van der Waals surface area (Å²) in [5, 5.41) is 0. The normalized spacial score (nSPS) is 13.3. The average Bonchev–Trinajstić information content (AvgIpc) is 2.03. The van der Waals surface area contributed by atoms with Crippen molar-refractivity contribution in [2.45, 2.75) is 13.0 Å². The van der Waals surface area contributed by atoms with Gasteiger partial charge < -0.3 is 10.6 Å². The lowest BCUT2D eigenvalue weighted by atomic mass is 10.0. The van der Waals surface area contributed by atoms with Crippen LogP contribution in [0.15, 0.2) is 18.5 Å². The lowest BCUT2D eigenvalue weighted by Gasteiger charge is -2.18. The third kappa shape index (κ3) is 2.79. The zero-order valence-electron chi connectivity index (χ0n) is 8.49. The van der Waals surface area contributed by atoms with E-state index in [4.69, 9.17) is 5.73 Å². The van der Waals surface area contributed by atoms with E-state index in [1.165, 1.54) is 5.56 Å². The second kappa shape index (κ2) is 4.35. The maximum atomic E-state index is 6.02. The number of pyridine rings is 1. The molecule has 0 aliphatic heterocycles. The van der Waals surface area contributed by atoms with Crippen LogP contribution < -0.4 is 5.73 Å². The molecule has 0 saturated carbocycles. The molecule has 3 heteroatoms. The topological polar surface area (TPSA) is 42.1 Å². The van der Waals surface area contributed by atoms with Gasteiger partial charge in [-0.15, -0.1) is 0 Å². The number of hydrogen-bond donors (Lipinski definition) is 1. The summed E-state index contributed by atoms with van der Waals surface area (Å²) in [6.45, 7) is 2.92. The molecule has 1 aromatic rings. The Labute approximate surface area is 79.6 Å². The summed E-state index contributed by atoms with van der Waals surface area (Å²) >= 11 is 0. The van der Waals surface area contributed by atoms with E-state index in [-0.39, 0.29) is 6.04 Å². The summed E-state index contributed by atoms with van der Waals surface area (Å²) in [4.78, 5) is 6.16. The van der Waals surface area contributed by atoms with Crippen LogP contribution in [0.5, 0.6) is 0 Å². The minimum absolute atomic E-state index is 0.0590. The van der Waals surface area contributed by atoms with Crippen molar-refractivity contribution in [3.05, 3.63) is 29.6 Å². The van der Waals surface area contributed by atoms with Gasteiger partial charge in [-0.2, -0.15) is 0 Å². The molecule has 0 fully saturated rings. The summed E-state index contributed by atoms with van der Waals surface area (Å²) in [5.74, 6) is 0. The standard InChI is InChI=1S/C10H17N3/c1-8-4-5-12-6-9(8)10(11)7-13(2)3/h4-6,10H,7,11H2,1-3H3. The van der Waals surface area contributed by atoms with E-state index in [0.717, 1.165) is 12.1 Å². The number of likely N-dealkylation sites (N-methyl/N-ethyl adjacent to an activating group) is 1. The van der Waals surface area contributed by atoms with Gasteiger partial charge >= 0.3 is 0 Å². The van der Waals surface area contributed by atoms with Crippen molar-refractivity contribution >= 4 is 0 Å². The van der Waals surface area contributed by atoms with Crippen molar-refractivity contribution in [2.24, 2.45) is 5.73 Å². The highest BCUT2D eigenvalue weighted by molar-refractivity contribution is 5.24. The van der Waals surface area contributed by atoms with Crippen molar-refractivity contribution in [3.63, 3.8) is 0 Å². The summed E-state index contributed by atoms with van der Waals surface area (Å²) in [7, 11) is 4.04. The molecule has 1 atom stereocenters. The third-order valence-corrected chi connectivity index (χ3v) is 2.04. The van der Waals surface area contributed by atoms with Crippen LogP contribution in [-0.4, -0.2) is 30.5 Å². The SMILES string of the molecule is Cc1ccncc1C(N)CN(C)C. The van der Waals surface area contributed by atoms with E-state index in [1.807, 2.05) is 26.4 Å². The van der Waals surface area contributed by atoms with Crippen LogP contribution in [0.25, 0.3) is 0 Å². The highest BCUT2D eigenvalue weighted by Crippen LogP contribution is 2.13. The van der Waals surface area contributed by atoms with Crippen molar-refractivity contribution in [3.8, 4) is 0 Å². The first-order chi connectivity index (χ1) is 6.11. The van der Waals surface area contributed by atoms with Gasteiger partial charge in [0.05, 0.1) is 0 Å². The second-order valence-electron chi connectivity index (χ2n) is 3.60. The second-order valence-corrected chi connectivity index (χ2v) is 3.60. The van der Waals surface area contributed by atoms with E-state index < -0.39 is 0 Å².